The van der Waals surface area contributed by atoms with Gasteiger partial charge in [-0.3, -0.25) is 0 Å². The zero-order valence-corrected chi connectivity index (χ0v) is 9.73. The van der Waals surface area contributed by atoms with Crippen molar-refractivity contribution in [1.29, 1.82) is 0 Å². The number of nitrogens with zero attached hydrogens (tertiary/aromatic N) is 1. The van der Waals surface area contributed by atoms with Gasteiger partial charge in [-0.1, -0.05) is 11.6 Å². The Kier molecular flexibility index (Phi) is 3.89. The van der Waals surface area contributed by atoms with Gasteiger partial charge in [-0.05, 0) is 42.8 Å². The summed E-state index contributed by atoms with van der Waals surface area (Å²) >= 11 is 5.78. The van der Waals surface area contributed by atoms with Gasteiger partial charge in [0.1, 0.15) is 5.75 Å². The molecule has 0 saturated carbocycles. The van der Waals surface area contributed by atoms with Gasteiger partial charge in [-0.25, -0.2) is 0 Å². The van der Waals surface area contributed by atoms with Gasteiger partial charge in [0.05, 0.1) is 6.61 Å². The normalized spacial score (nSPS) is 10.3. The number of benzene rings is 1. The summed E-state index contributed by atoms with van der Waals surface area (Å²) in [5.41, 5.74) is 0. The van der Waals surface area contributed by atoms with Crippen LogP contribution in [0.3, 0.4) is 0 Å². The summed E-state index contributed by atoms with van der Waals surface area (Å²) in [5.74, 6) is 0.872. The third-order valence-electron chi connectivity index (χ3n) is 2.31. The lowest BCUT2D eigenvalue weighted by Crippen LogP contribution is -2.02. The number of hydrogen-bond acceptors (Lipinski definition) is 1. The molecule has 0 fully saturated rings. The molecule has 0 N–H and O–H groups in total. The number of aryl methyl sites for hydroxylation is 1. The molecule has 2 rings (SSSR count). The molecule has 1 aromatic heterocycles. The number of ether oxygens (including phenoxy) is 1. The van der Waals surface area contributed by atoms with Crippen molar-refractivity contribution in [2.24, 2.45) is 0 Å². The molecule has 2 nitrogen and oxygen atoms in total. The molecule has 84 valence electrons. The molecule has 0 aliphatic rings. The van der Waals surface area contributed by atoms with Gasteiger partial charge in [-0.15, -0.1) is 0 Å². The molecule has 0 spiro atoms. The second-order valence-electron chi connectivity index (χ2n) is 3.58. The topological polar surface area (TPSA) is 14.2 Å². The summed E-state index contributed by atoms with van der Waals surface area (Å²) in [6, 6.07) is 11.5. The van der Waals surface area contributed by atoms with Crippen LogP contribution < -0.4 is 4.74 Å². The molecule has 0 atom stereocenters. The number of aromatic nitrogens is 1. The van der Waals surface area contributed by atoms with E-state index in [2.05, 4.69) is 17.0 Å². The molecule has 0 radical (unpaired) electrons. The van der Waals surface area contributed by atoms with Crippen LogP contribution in [0.15, 0.2) is 48.8 Å². The van der Waals surface area contributed by atoms with E-state index in [4.69, 9.17) is 16.3 Å². The summed E-state index contributed by atoms with van der Waals surface area (Å²) in [4.78, 5) is 0. The maximum atomic E-state index is 5.78. The smallest absolute Gasteiger partial charge is 0.119 e. The molecule has 1 aromatic carbocycles. The Morgan fingerprint density at radius 3 is 2.44 bits per heavy atom. The SMILES string of the molecule is Clc1ccc(OCCCn2cccc2)cc1. The molecule has 16 heavy (non-hydrogen) atoms. The van der Waals surface area contributed by atoms with Crippen molar-refractivity contribution in [1.82, 2.24) is 4.57 Å². The highest BCUT2D eigenvalue weighted by molar-refractivity contribution is 6.30. The number of hydrogen-bond donors (Lipinski definition) is 0. The van der Waals surface area contributed by atoms with Crippen LogP contribution in [-0.4, -0.2) is 11.2 Å². The van der Waals surface area contributed by atoms with E-state index in [1.807, 2.05) is 36.4 Å². The summed E-state index contributed by atoms with van der Waals surface area (Å²) in [5, 5.41) is 0.736. The zero-order valence-electron chi connectivity index (χ0n) is 8.97. The first-order chi connectivity index (χ1) is 7.84. The van der Waals surface area contributed by atoms with E-state index in [-0.39, 0.29) is 0 Å². The van der Waals surface area contributed by atoms with Crippen LogP contribution in [0.5, 0.6) is 5.75 Å². The minimum atomic E-state index is 0.722. The minimum Gasteiger partial charge on any atom is -0.494 e. The van der Waals surface area contributed by atoms with Crippen molar-refractivity contribution in [3.8, 4) is 5.75 Å². The second-order valence-corrected chi connectivity index (χ2v) is 4.01. The summed E-state index contributed by atoms with van der Waals surface area (Å²) in [6.45, 7) is 1.71. The summed E-state index contributed by atoms with van der Waals surface area (Å²) in [7, 11) is 0. The van der Waals surface area contributed by atoms with Crippen LogP contribution in [0.4, 0.5) is 0 Å². The van der Waals surface area contributed by atoms with Crippen molar-refractivity contribution in [3.63, 3.8) is 0 Å². The largest absolute Gasteiger partial charge is 0.494 e. The fourth-order valence-electron chi connectivity index (χ4n) is 1.49. The average molecular weight is 236 g/mol. The Morgan fingerprint density at radius 1 is 1.06 bits per heavy atom. The first-order valence-corrected chi connectivity index (χ1v) is 5.71. The van der Waals surface area contributed by atoms with Crippen LogP contribution in [0, 0.1) is 0 Å². The van der Waals surface area contributed by atoms with E-state index in [1.165, 1.54) is 0 Å². The van der Waals surface area contributed by atoms with Crippen molar-refractivity contribution in [3.05, 3.63) is 53.8 Å². The number of halogens is 1. The Bertz CT molecular complexity index is 408. The van der Waals surface area contributed by atoms with Crippen LogP contribution in [0.1, 0.15) is 6.42 Å². The van der Waals surface area contributed by atoms with E-state index in [0.29, 0.717) is 0 Å². The summed E-state index contributed by atoms with van der Waals surface area (Å²) in [6.07, 6.45) is 5.11. The molecule has 3 heteroatoms. The lowest BCUT2D eigenvalue weighted by Gasteiger charge is -2.06. The quantitative estimate of drug-likeness (QED) is 0.723. The lowest BCUT2D eigenvalue weighted by atomic mass is 10.3. The van der Waals surface area contributed by atoms with E-state index in [9.17, 15) is 0 Å². The Balaban J connectivity index is 1.70. The van der Waals surface area contributed by atoms with Gasteiger partial charge in [0.25, 0.3) is 0 Å². The molecule has 0 aliphatic heterocycles. The van der Waals surface area contributed by atoms with Gasteiger partial charge < -0.3 is 9.30 Å². The van der Waals surface area contributed by atoms with Gasteiger partial charge in [0.15, 0.2) is 0 Å². The van der Waals surface area contributed by atoms with Crippen molar-refractivity contribution in [2.75, 3.05) is 6.61 Å². The third-order valence-corrected chi connectivity index (χ3v) is 2.56. The third kappa shape index (κ3) is 3.31. The van der Waals surface area contributed by atoms with E-state index in [1.54, 1.807) is 0 Å². The van der Waals surface area contributed by atoms with Crippen molar-refractivity contribution < 1.29 is 4.74 Å². The molecule has 0 unspecified atom stereocenters. The zero-order chi connectivity index (χ0) is 11.2. The maximum Gasteiger partial charge on any atom is 0.119 e. The van der Waals surface area contributed by atoms with Crippen molar-refractivity contribution in [2.45, 2.75) is 13.0 Å². The molecule has 0 amide bonds. The first-order valence-electron chi connectivity index (χ1n) is 5.34. The predicted octanol–water partition coefficient (Wildman–Crippen LogP) is 3.61. The van der Waals surface area contributed by atoms with Gasteiger partial charge in [0, 0.05) is 24.0 Å². The first kappa shape index (κ1) is 11.1. The predicted molar refractivity (Wildman–Crippen MR) is 66.0 cm³/mol. The maximum absolute atomic E-state index is 5.78. The Morgan fingerprint density at radius 2 is 1.75 bits per heavy atom. The summed E-state index contributed by atoms with van der Waals surface area (Å²) < 4.78 is 7.73. The standard InChI is InChI=1S/C13H14ClNO/c14-12-4-6-13(7-5-12)16-11-3-10-15-8-1-2-9-15/h1-2,4-9H,3,10-11H2. The van der Waals surface area contributed by atoms with E-state index in [0.717, 1.165) is 30.3 Å². The van der Waals surface area contributed by atoms with Crippen LogP contribution in [0.2, 0.25) is 5.02 Å². The highest BCUT2D eigenvalue weighted by Crippen LogP contribution is 2.15. The molecule has 0 aliphatic carbocycles. The second kappa shape index (κ2) is 5.61. The van der Waals surface area contributed by atoms with Crippen LogP contribution in [0.25, 0.3) is 0 Å². The molecular formula is C13H14ClNO. The van der Waals surface area contributed by atoms with Crippen LogP contribution in [-0.2, 0) is 6.54 Å². The fourth-order valence-corrected chi connectivity index (χ4v) is 1.61. The molecule has 0 saturated heterocycles. The lowest BCUT2D eigenvalue weighted by molar-refractivity contribution is 0.302. The highest BCUT2D eigenvalue weighted by atomic mass is 35.5. The van der Waals surface area contributed by atoms with Crippen LogP contribution >= 0.6 is 11.6 Å². The highest BCUT2D eigenvalue weighted by Gasteiger charge is 1.94. The van der Waals surface area contributed by atoms with Gasteiger partial charge in [-0.2, -0.15) is 0 Å². The van der Waals surface area contributed by atoms with Crippen molar-refractivity contribution >= 4 is 11.6 Å². The monoisotopic (exact) mass is 235 g/mol. The molecule has 1 heterocycles. The Hall–Kier alpha value is -1.41. The number of rotatable bonds is 5. The average Bonchev–Trinajstić information content (AvgIpc) is 2.80. The van der Waals surface area contributed by atoms with Gasteiger partial charge >= 0.3 is 0 Å². The van der Waals surface area contributed by atoms with E-state index < -0.39 is 0 Å². The fraction of sp³-hybridized carbons (Fsp3) is 0.231. The minimum absolute atomic E-state index is 0.722. The Labute approximate surface area is 100 Å². The van der Waals surface area contributed by atoms with Gasteiger partial charge in [0.2, 0.25) is 0 Å². The molecular weight excluding hydrogens is 222 g/mol. The molecule has 0 bridgehead atoms. The molecule has 2 aromatic rings. The van der Waals surface area contributed by atoms with E-state index >= 15 is 0 Å².